The lowest BCUT2D eigenvalue weighted by atomic mass is 10.2. The van der Waals surface area contributed by atoms with Gasteiger partial charge in [0.05, 0.1) is 36.8 Å². The number of carbonyl (C=O) groups is 1. The minimum Gasteiger partial charge on any atom is -0.497 e. The van der Waals surface area contributed by atoms with Crippen molar-refractivity contribution in [3.8, 4) is 23.0 Å². The molecule has 2 N–H and O–H groups in total. The summed E-state index contributed by atoms with van der Waals surface area (Å²) in [6, 6.07) is 22.2. The maximum Gasteiger partial charge on any atom is 0.276 e. The summed E-state index contributed by atoms with van der Waals surface area (Å²) in [6.07, 6.45) is 0. The first-order chi connectivity index (χ1) is 17.0. The monoisotopic (exact) mass is 487 g/mol. The highest BCUT2D eigenvalue weighted by atomic mass is 35.5. The summed E-state index contributed by atoms with van der Waals surface area (Å²) in [5, 5.41) is 7.85. The molecule has 35 heavy (non-hydrogen) atoms. The number of aromatic amines is 1. The normalized spacial score (nSPS) is 10.9. The van der Waals surface area contributed by atoms with Gasteiger partial charge < -0.3 is 19.8 Å². The molecule has 0 fully saturated rings. The van der Waals surface area contributed by atoms with Crippen LogP contribution in [0.25, 0.3) is 22.6 Å². The van der Waals surface area contributed by atoms with E-state index in [-0.39, 0.29) is 11.6 Å². The Morgan fingerprint density at radius 1 is 1.03 bits per heavy atom. The number of rotatable bonds is 7. The summed E-state index contributed by atoms with van der Waals surface area (Å²) in [5.41, 5.74) is 4.21. The van der Waals surface area contributed by atoms with Crippen LogP contribution in [0.5, 0.6) is 11.5 Å². The van der Waals surface area contributed by atoms with E-state index in [2.05, 4.69) is 15.4 Å². The van der Waals surface area contributed by atoms with Gasteiger partial charge in [-0.3, -0.25) is 9.48 Å². The van der Waals surface area contributed by atoms with E-state index in [0.717, 1.165) is 22.3 Å². The molecule has 2 aromatic heterocycles. The van der Waals surface area contributed by atoms with E-state index in [1.54, 1.807) is 36.1 Å². The topological polar surface area (TPSA) is 94.1 Å². The number of aromatic nitrogens is 4. The molecule has 5 rings (SSSR count). The first-order valence-corrected chi connectivity index (χ1v) is 11.2. The molecule has 0 unspecified atom stereocenters. The van der Waals surface area contributed by atoms with E-state index in [4.69, 9.17) is 26.1 Å². The Morgan fingerprint density at radius 3 is 2.54 bits per heavy atom. The number of para-hydroxylation sites is 2. The third-order valence-corrected chi connectivity index (χ3v) is 5.84. The van der Waals surface area contributed by atoms with Crippen molar-refractivity contribution in [2.24, 2.45) is 0 Å². The summed E-state index contributed by atoms with van der Waals surface area (Å²) in [4.78, 5) is 21.1. The maximum atomic E-state index is 13.1. The van der Waals surface area contributed by atoms with Gasteiger partial charge in [0, 0.05) is 11.8 Å². The van der Waals surface area contributed by atoms with Crippen LogP contribution in [0.3, 0.4) is 0 Å². The standard InChI is InChI=1S/C26H22ClN5O3/c1-34-18-10-7-16(8-11-18)15-32-23(25-29-20-5-3-4-6-21(20)30-25)14-22(31-32)26(33)28-17-9-12-24(35-2)19(27)13-17/h3-14H,15H2,1-2H3,(H,28,33)(H,29,30). The molecule has 0 bridgehead atoms. The number of nitrogens with one attached hydrogen (secondary N) is 2. The van der Waals surface area contributed by atoms with Crippen molar-refractivity contribution in [1.82, 2.24) is 19.7 Å². The average Bonchev–Trinajstić information content (AvgIpc) is 3.49. The molecular formula is C26H22ClN5O3. The minimum absolute atomic E-state index is 0.251. The second-order valence-electron chi connectivity index (χ2n) is 7.83. The van der Waals surface area contributed by atoms with Crippen molar-refractivity contribution in [1.29, 1.82) is 0 Å². The molecule has 0 aliphatic carbocycles. The summed E-state index contributed by atoms with van der Waals surface area (Å²) in [7, 11) is 3.16. The van der Waals surface area contributed by atoms with Gasteiger partial charge in [-0.2, -0.15) is 5.10 Å². The van der Waals surface area contributed by atoms with Crippen LogP contribution in [0.1, 0.15) is 16.1 Å². The zero-order chi connectivity index (χ0) is 24.4. The Balaban J connectivity index is 1.49. The number of methoxy groups -OCH3 is 2. The molecule has 0 saturated carbocycles. The van der Waals surface area contributed by atoms with Gasteiger partial charge in [0.1, 0.15) is 17.2 Å². The van der Waals surface area contributed by atoms with Gasteiger partial charge in [0.2, 0.25) is 0 Å². The lowest BCUT2D eigenvalue weighted by Crippen LogP contribution is -2.13. The molecule has 0 saturated heterocycles. The quantitative estimate of drug-likeness (QED) is 0.320. The zero-order valence-electron chi connectivity index (χ0n) is 19.1. The number of hydrogen-bond acceptors (Lipinski definition) is 5. The van der Waals surface area contributed by atoms with Crippen LogP contribution in [-0.4, -0.2) is 39.9 Å². The van der Waals surface area contributed by atoms with E-state index in [0.29, 0.717) is 34.5 Å². The van der Waals surface area contributed by atoms with E-state index in [1.165, 1.54) is 7.11 Å². The lowest BCUT2D eigenvalue weighted by molar-refractivity contribution is 0.102. The average molecular weight is 488 g/mol. The van der Waals surface area contributed by atoms with Crippen LogP contribution >= 0.6 is 11.6 Å². The van der Waals surface area contributed by atoms with Gasteiger partial charge in [-0.1, -0.05) is 35.9 Å². The second-order valence-corrected chi connectivity index (χ2v) is 8.23. The molecule has 2 heterocycles. The first kappa shape index (κ1) is 22.5. The Hall–Kier alpha value is -4.30. The van der Waals surface area contributed by atoms with Crippen LogP contribution < -0.4 is 14.8 Å². The van der Waals surface area contributed by atoms with Crippen LogP contribution in [0.15, 0.2) is 72.8 Å². The summed E-state index contributed by atoms with van der Waals surface area (Å²) >= 11 is 6.20. The number of benzene rings is 3. The van der Waals surface area contributed by atoms with Crippen molar-refractivity contribution in [3.63, 3.8) is 0 Å². The lowest BCUT2D eigenvalue weighted by Gasteiger charge is -2.07. The van der Waals surface area contributed by atoms with E-state index in [9.17, 15) is 4.79 Å². The van der Waals surface area contributed by atoms with Crippen LogP contribution in [0.2, 0.25) is 5.02 Å². The number of anilines is 1. The second kappa shape index (κ2) is 9.52. The molecule has 0 spiro atoms. The molecule has 3 aromatic carbocycles. The molecule has 0 atom stereocenters. The fraction of sp³-hybridized carbons (Fsp3) is 0.115. The van der Waals surface area contributed by atoms with Gasteiger partial charge in [-0.25, -0.2) is 4.98 Å². The molecule has 9 heteroatoms. The Bertz CT molecular complexity index is 1470. The maximum absolute atomic E-state index is 13.1. The molecule has 176 valence electrons. The van der Waals surface area contributed by atoms with Gasteiger partial charge in [0.15, 0.2) is 11.5 Å². The molecular weight excluding hydrogens is 466 g/mol. The van der Waals surface area contributed by atoms with Crippen LogP contribution in [-0.2, 0) is 6.54 Å². The number of hydrogen-bond donors (Lipinski definition) is 2. The number of H-pyrrole nitrogens is 1. The molecule has 1 amide bonds. The van der Waals surface area contributed by atoms with Crippen molar-refractivity contribution < 1.29 is 14.3 Å². The SMILES string of the molecule is COc1ccc(Cn2nc(C(=O)Nc3ccc(OC)c(Cl)c3)cc2-c2nc3ccccc3[nH]2)cc1. The number of fused-ring (bicyclic) bond motifs is 1. The van der Waals surface area contributed by atoms with Gasteiger partial charge in [-0.05, 0) is 48.0 Å². The Morgan fingerprint density at radius 2 is 1.83 bits per heavy atom. The number of halogens is 1. The van der Waals surface area contributed by atoms with Crippen molar-refractivity contribution in [2.75, 3.05) is 19.5 Å². The first-order valence-electron chi connectivity index (χ1n) is 10.8. The predicted molar refractivity (Wildman–Crippen MR) is 135 cm³/mol. The number of imidazole rings is 1. The largest absolute Gasteiger partial charge is 0.497 e. The Kier molecular flexibility index (Phi) is 6.12. The number of ether oxygens (including phenoxy) is 2. The summed E-state index contributed by atoms with van der Waals surface area (Å²) in [6.45, 7) is 0.442. The highest BCUT2D eigenvalue weighted by molar-refractivity contribution is 6.32. The number of nitrogens with zero attached hydrogens (tertiary/aromatic N) is 3. The van der Waals surface area contributed by atoms with Crippen molar-refractivity contribution in [2.45, 2.75) is 6.54 Å². The zero-order valence-corrected chi connectivity index (χ0v) is 19.8. The van der Waals surface area contributed by atoms with E-state index in [1.807, 2.05) is 48.5 Å². The number of amides is 1. The van der Waals surface area contributed by atoms with E-state index < -0.39 is 0 Å². The van der Waals surface area contributed by atoms with Crippen molar-refractivity contribution in [3.05, 3.63) is 89.1 Å². The van der Waals surface area contributed by atoms with Crippen LogP contribution in [0, 0.1) is 0 Å². The molecule has 0 radical (unpaired) electrons. The minimum atomic E-state index is -0.364. The Labute approximate surface area is 206 Å². The highest BCUT2D eigenvalue weighted by Crippen LogP contribution is 2.28. The van der Waals surface area contributed by atoms with E-state index >= 15 is 0 Å². The summed E-state index contributed by atoms with van der Waals surface area (Å²) < 4.78 is 12.2. The smallest absolute Gasteiger partial charge is 0.276 e. The van der Waals surface area contributed by atoms with Crippen LogP contribution in [0.4, 0.5) is 5.69 Å². The molecule has 5 aromatic rings. The third-order valence-electron chi connectivity index (χ3n) is 5.55. The summed E-state index contributed by atoms with van der Waals surface area (Å²) in [5.74, 6) is 1.56. The fourth-order valence-electron chi connectivity index (χ4n) is 3.76. The van der Waals surface area contributed by atoms with Gasteiger partial charge in [0.25, 0.3) is 5.91 Å². The molecule has 8 nitrogen and oxygen atoms in total. The van der Waals surface area contributed by atoms with Gasteiger partial charge in [-0.15, -0.1) is 0 Å². The van der Waals surface area contributed by atoms with Crippen molar-refractivity contribution >= 4 is 34.2 Å². The van der Waals surface area contributed by atoms with Gasteiger partial charge >= 0.3 is 0 Å². The highest BCUT2D eigenvalue weighted by Gasteiger charge is 2.19. The third kappa shape index (κ3) is 4.69. The molecule has 0 aliphatic heterocycles. The molecule has 0 aliphatic rings. The number of carbonyl (C=O) groups excluding carboxylic acids is 1. The fourth-order valence-corrected chi connectivity index (χ4v) is 4.01. The predicted octanol–water partition coefficient (Wildman–Crippen LogP) is 5.40.